The van der Waals surface area contributed by atoms with E-state index in [1.807, 2.05) is 24.3 Å². The number of ether oxygens (including phenoxy) is 1. The zero-order valence-electron chi connectivity index (χ0n) is 14.2. The van der Waals surface area contributed by atoms with Crippen LogP contribution in [-0.2, 0) is 27.1 Å². The van der Waals surface area contributed by atoms with Gasteiger partial charge in [-0.3, -0.25) is 4.99 Å². The van der Waals surface area contributed by atoms with Gasteiger partial charge in [-0.05, 0) is 31.0 Å². The summed E-state index contributed by atoms with van der Waals surface area (Å²) in [6, 6.07) is 7.51. The zero-order chi connectivity index (χ0) is 17.4. The number of hydrogen-bond acceptors (Lipinski definition) is 4. The van der Waals surface area contributed by atoms with Gasteiger partial charge in [-0.15, -0.1) is 0 Å². The summed E-state index contributed by atoms with van der Waals surface area (Å²) >= 11 is 0. The van der Waals surface area contributed by atoms with Crippen LogP contribution in [0, 0.1) is 0 Å². The molecular formula is C16H26N4O3S. The molecular weight excluding hydrogens is 328 g/mol. The molecule has 24 heavy (non-hydrogen) atoms. The molecule has 1 aliphatic heterocycles. The fraction of sp³-hybridized carbons (Fsp3) is 0.562. The summed E-state index contributed by atoms with van der Waals surface area (Å²) in [5.74, 6) is 0.683. The Hall–Kier alpha value is -1.64. The molecule has 0 aromatic heterocycles. The Morgan fingerprint density at radius 1 is 1.33 bits per heavy atom. The number of nitrogens with zero attached hydrogens (tertiary/aromatic N) is 1. The second kappa shape index (κ2) is 9.00. The number of rotatable bonds is 7. The summed E-state index contributed by atoms with van der Waals surface area (Å²) in [7, 11) is -0.120. The number of benzene rings is 1. The molecule has 0 amide bonds. The lowest BCUT2D eigenvalue weighted by molar-refractivity contribution is 0.114. The summed E-state index contributed by atoms with van der Waals surface area (Å²) in [4.78, 5) is 4.19. The normalized spacial score (nSPS) is 18.6. The van der Waals surface area contributed by atoms with Crippen molar-refractivity contribution in [2.45, 2.75) is 31.2 Å². The molecule has 1 atom stereocenters. The Morgan fingerprint density at radius 2 is 2.12 bits per heavy atom. The minimum absolute atomic E-state index is 0.0245. The molecule has 1 fully saturated rings. The quantitative estimate of drug-likeness (QED) is 0.492. The lowest BCUT2D eigenvalue weighted by Gasteiger charge is -2.15. The van der Waals surface area contributed by atoms with Crippen molar-refractivity contribution in [3.8, 4) is 0 Å². The molecule has 0 spiro atoms. The first kappa shape index (κ1) is 18.7. The van der Waals surface area contributed by atoms with Gasteiger partial charge < -0.3 is 15.4 Å². The Balaban J connectivity index is 1.85. The van der Waals surface area contributed by atoms with Gasteiger partial charge in [0.25, 0.3) is 0 Å². The molecule has 0 bridgehead atoms. The third-order valence-corrected chi connectivity index (χ3v) is 5.20. The van der Waals surface area contributed by atoms with Crippen molar-refractivity contribution in [3.05, 3.63) is 35.4 Å². The van der Waals surface area contributed by atoms with E-state index in [1.54, 1.807) is 7.05 Å². The van der Waals surface area contributed by atoms with Gasteiger partial charge >= 0.3 is 0 Å². The molecule has 0 saturated carbocycles. The van der Waals surface area contributed by atoms with Gasteiger partial charge in [0.1, 0.15) is 0 Å². The lowest BCUT2D eigenvalue weighted by Crippen LogP contribution is -2.40. The maximum atomic E-state index is 11.6. The van der Waals surface area contributed by atoms with E-state index in [1.165, 1.54) is 7.05 Å². The number of hydrogen-bond donors (Lipinski definition) is 3. The Labute approximate surface area is 143 Å². The zero-order valence-corrected chi connectivity index (χ0v) is 15.0. The van der Waals surface area contributed by atoms with Gasteiger partial charge in [-0.25, -0.2) is 13.1 Å². The fourth-order valence-electron chi connectivity index (χ4n) is 2.54. The van der Waals surface area contributed by atoms with E-state index in [-0.39, 0.29) is 11.9 Å². The van der Waals surface area contributed by atoms with Crippen LogP contribution in [-0.4, -0.2) is 47.7 Å². The summed E-state index contributed by atoms with van der Waals surface area (Å²) in [5.41, 5.74) is 1.75. The molecule has 2 rings (SSSR count). The molecule has 0 radical (unpaired) electrons. The minimum Gasteiger partial charge on any atom is -0.376 e. The SMILES string of the molecule is CN=C(NCc1cccc(CS(=O)(=O)NC)c1)NCC1CCCO1. The average Bonchev–Trinajstić information content (AvgIpc) is 3.08. The molecule has 1 unspecified atom stereocenters. The van der Waals surface area contributed by atoms with Crippen molar-refractivity contribution >= 4 is 16.0 Å². The first-order chi connectivity index (χ1) is 11.5. The standard InChI is InChI=1S/C16H26N4O3S/c1-17-16(20-11-15-7-4-8-23-15)19-10-13-5-3-6-14(9-13)12-24(21,22)18-2/h3,5-6,9,15,18H,4,7-8,10-12H2,1-2H3,(H2,17,19,20). The third kappa shape index (κ3) is 6.10. The maximum absolute atomic E-state index is 11.6. The van der Waals surface area contributed by atoms with Crippen LogP contribution >= 0.6 is 0 Å². The molecule has 1 aromatic carbocycles. The monoisotopic (exact) mass is 354 g/mol. The van der Waals surface area contributed by atoms with Crippen LogP contribution in [0.25, 0.3) is 0 Å². The van der Waals surface area contributed by atoms with Crippen molar-refractivity contribution in [2.24, 2.45) is 4.99 Å². The second-order valence-electron chi connectivity index (χ2n) is 5.72. The van der Waals surface area contributed by atoms with Crippen molar-refractivity contribution < 1.29 is 13.2 Å². The van der Waals surface area contributed by atoms with Crippen molar-refractivity contribution in [1.29, 1.82) is 0 Å². The predicted molar refractivity (Wildman–Crippen MR) is 95.3 cm³/mol. The summed E-state index contributed by atoms with van der Waals surface area (Å²) in [6.45, 7) is 2.14. The van der Waals surface area contributed by atoms with Gasteiger partial charge in [0, 0.05) is 26.7 Å². The number of nitrogens with one attached hydrogen (secondary N) is 3. The molecule has 1 aromatic rings. The molecule has 134 valence electrons. The molecule has 7 nitrogen and oxygen atoms in total. The van der Waals surface area contributed by atoms with Gasteiger partial charge in [0.2, 0.25) is 10.0 Å². The third-order valence-electron chi connectivity index (χ3n) is 3.86. The van der Waals surface area contributed by atoms with Crippen LogP contribution in [0.3, 0.4) is 0 Å². The lowest BCUT2D eigenvalue weighted by atomic mass is 10.1. The van der Waals surface area contributed by atoms with Gasteiger partial charge in [-0.2, -0.15) is 0 Å². The highest BCUT2D eigenvalue weighted by Gasteiger charge is 2.15. The highest BCUT2D eigenvalue weighted by atomic mass is 32.2. The first-order valence-electron chi connectivity index (χ1n) is 8.07. The summed E-state index contributed by atoms with van der Waals surface area (Å²) < 4.78 is 31.2. The van der Waals surface area contributed by atoms with Gasteiger partial charge in [0.15, 0.2) is 5.96 Å². The molecule has 8 heteroatoms. The Bertz CT molecular complexity index is 655. The highest BCUT2D eigenvalue weighted by Crippen LogP contribution is 2.11. The fourth-order valence-corrected chi connectivity index (χ4v) is 3.31. The van der Waals surface area contributed by atoms with Gasteiger partial charge in [-0.1, -0.05) is 24.3 Å². The van der Waals surface area contributed by atoms with Crippen molar-refractivity contribution in [2.75, 3.05) is 27.2 Å². The molecule has 0 aliphatic carbocycles. The van der Waals surface area contributed by atoms with E-state index < -0.39 is 10.0 Å². The Morgan fingerprint density at radius 3 is 2.79 bits per heavy atom. The molecule has 3 N–H and O–H groups in total. The maximum Gasteiger partial charge on any atom is 0.215 e. The average molecular weight is 354 g/mol. The smallest absolute Gasteiger partial charge is 0.215 e. The van der Waals surface area contributed by atoms with E-state index in [4.69, 9.17) is 4.74 Å². The molecule has 1 aliphatic rings. The number of aliphatic imine (C=N–C) groups is 1. The van der Waals surface area contributed by atoms with Crippen LogP contribution in [0.1, 0.15) is 24.0 Å². The number of guanidine groups is 1. The van der Waals surface area contributed by atoms with E-state index in [9.17, 15) is 8.42 Å². The largest absolute Gasteiger partial charge is 0.376 e. The van der Waals surface area contributed by atoms with Crippen molar-refractivity contribution in [1.82, 2.24) is 15.4 Å². The van der Waals surface area contributed by atoms with E-state index >= 15 is 0 Å². The Kier molecular flexibility index (Phi) is 7.01. The van der Waals surface area contributed by atoms with Gasteiger partial charge in [0.05, 0.1) is 11.9 Å². The van der Waals surface area contributed by atoms with Crippen LogP contribution in [0.15, 0.2) is 29.3 Å². The van der Waals surface area contributed by atoms with Crippen LogP contribution in [0.2, 0.25) is 0 Å². The number of sulfonamides is 1. The molecule has 1 heterocycles. The topological polar surface area (TPSA) is 91.8 Å². The summed E-state index contributed by atoms with van der Waals surface area (Å²) in [5, 5.41) is 6.48. The highest BCUT2D eigenvalue weighted by molar-refractivity contribution is 7.88. The van der Waals surface area contributed by atoms with E-state index in [2.05, 4.69) is 20.3 Å². The summed E-state index contributed by atoms with van der Waals surface area (Å²) in [6.07, 6.45) is 2.44. The van der Waals surface area contributed by atoms with Crippen LogP contribution < -0.4 is 15.4 Å². The van der Waals surface area contributed by atoms with Crippen LogP contribution in [0.5, 0.6) is 0 Å². The van der Waals surface area contributed by atoms with Crippen LogP contribution in [0.4, 0.5) is 0 Å². The first-order valence-corrected chi connectivity index (χ1v) is 9.73. The minimum atomic E-state index is -3.26. The van der Waals surface area contributed by atoms with E-state index in [0.717, 1.165) is 37.1 Å². The second-order valence-corrected chi connectivity index (χ2v) is 7.65. The molecule has 1 saturated heterocycles. The van der Waals surface area contributed by atoms with Crippen molar-refractivity contribution in [3.63, 3.8) is 0 Å². The van der Waals surface area contributed by atoms with E-state index in [0.29, 0.717) is 12.5 Å². The predicted octanol–water partition coefficient (Wildman–Crippen LogP) is 0.580.